The third-order valence-electron chi connectivity index (χ3n) is 6.55. The van der Waals surface area contributed by atoms with Crippen molar-refractivity contribution in [2.24, 2.45) is 17.8 Å². The van der Waals surface area contributed by atoms with Crippen LogP contribution < -0.4 is 14.2 Å². The minimum absolute atomic E-state index is 0.0745. The van der Waals surface area contributed by atoms with Gasteiger partial charge in [-0.05, 0) is 56.2 Å². The van der Waals surface area contributed by atoms with Gasteiger partial charge in [-0.15, -0.1) is 0 Å². The van der Waals surface area contributed by atoms with Gasteiger partial charge >= 0.3 is 11.9 Å². The van der Waals surface area contributed by atoms with Crippen LogP contribution in [0.2, 0.25) is 10.0 Å². The molecule has 0 aliphatic carbocycles. The van der Waals surface area contributed by atoms with Crippen molar-refractivity contribution in [3.05, 3.63) is 46.2 Å². The van der Waals surface area contributed by atoms with E-state index >= 15 is 0 Å². The molecular formula is C30H39Cl2NO7. The van der Waals surface area contributed by atoms with Gasteiger partial charge in [-0.3, -0.25) is 14.4 Å². The number of pyridine rings is 1. The summed E-state index contributed by atoms with van der Waals surface area (Å²) < 4.78 is 22.7. The molecule has 1 aromatic heterocycles. The summed E-state index contributed by atoms with van der Waals surface area (Å²) in [6.07, 6.45) is 2.08. The number of hydrogen-bond donors (Lipinski definition) is 0. The molecule has 1 heterocycles. The fourth-order valence-electron chi connectivity index (χ4n) is 4.58. The molecule has 3 atom stereocenters. The third-order valence-corrected chi connectivity index (χ3v) is 7.08. The van der Waals surface area contributed by atoms with E-state index in [4.69, 9.17) is 42.1 Å². The van der Waals surface area contributed by atoms with Gasteiger partial charge in [-0.1, -0.05) is 50.9 Å². The molecule has 40 heavy (non-hydrogen) atoms. The summed E-state index contributed by atoms with van der Waals surface area (Å²) in [5.74, 6) is -1.63. The maximum absolute atomic E-state index is 13.5. The Hall–Kier alpha value is -2.84. The number of ketones is 1. The lowest BCUT2D eigenvalue weighted by molar-refractivity contribution is -0.160. The maximum atomic E-state index is 13.5. The number of methoxy groups -OCH3 is 1. The first kappa shape index (κ1) is 33.4. The van der Waals surface area contributed by atoms with Gasteiger partial charge in [-0.2, -0.15) is 0 Å². The monoisotopic (exact) mass is 595 g/mol. The van der Waals surface area contributed by atoms with E-state index in [1.54, 1.807) is 25.1 Å². The first-order valence-corrected chi connectivity index (χ1v) is 14.2. The number of carbonyl (C=O) groups excluding carboxylic acids is 3. The lowest BCUT2D eigenvalue weighted by atomic mass is 9.90. The molecule has 0 N–H and O–H groups in total. The van der Waals surface area contributed by atoms with Crippen molar-refractivity contribution in [3.63, 3.8) is 0 Å². The zero-order chi connectivity index (χ0) is 30.0. The molecular weight excluding hydrogens is 557 g/mol. The molecule has 0 saturated carbocycles. The van der Waals surface area contributed by atoms with Crippen molar-refractivity contribution < 1.29 is 33.3 Å². The van der Waals surface area contributed by atoms with Gasteiger partial charge in [0.2, 0.25) is 5.75 Å². The molecule has 0 bridgehead atoms. The summed E-state index contributed by atoms with van der Waals surface area (Å²) in [5.41, 5.74) is -0.0835. The van der Waals surface area contributed by atoms with Crippen molar-refractivity contribution >= 4 is 40.9 Å². The number of ether oxygens (including phenoxy) is 4. The van der Waals surface area contributed by atoms with E-state index in [1.807, 2.05) is 27.7 Å². The first-order valence-electron chi connectivity index (χ1n) is 13.5. The van der Waals surface area contributed by atoms with E-state index in [9.17, 15) is 14.4 Å². The fraction of sp³-hybridized carbons (Fsp3) is 0.533. The summed E-state index contributed by atoms with van der Waals surface area (Å²) in [5, 5.41) is 0.846. The Morgan fingerprint density at radius 3 is 2.23 bits per heavy atom. The van der Waals surface area contributed by atoms with E-state index in [0.717, 1.165) is 12.8 Å². The normalized spacial score (nSPS) is 13.5. The predicted octanol–water partition coefficient (Wildman–Crippen LogP) is 7.37. The molecule has 0 radical (unpaired) electrons. The predicted molar refractivity (Wildman–Crippen MR) is 154 cm³/mol. The van der Waals surface area contributed by atoms with Gasteiger partial charge in [0.05, 0.1) is 18.1 Å². The Labute approximate surface area is 246 Å². The Morgan fingerprint density at radius 1 is 1.00 bits per heavy atom. The van der Waals surface area contributed by atoms with Crippen LogP contribution in [0.4, 0.5) is 0 Å². The Kier molecular flexibility index (Phi) is 13.2. The van der Waals surface area contributed by atoms with E-state index in [2.05, 4.69) is 4.98 Å². The van der Waals surface area contributed by atoms with Crippen molar-refractivity contribution in [2.45, 2.75) is 79.4 Å². The van der Waals surface area contributed by atoms with Gasteiger partial charge in [-0.25, -0.2) is 4.98 Å². The van der Waals surface area contributed by atoms with Crippen LogP contribution in [0.25, 0.3) is 0 Å². The number of esters is 2. The van der Waals surface area contributed by atoms with Crippen LogP contribution in [0, 0.1) is 17.8 Å². The number of aromatic nitrogens is 1. The molecule has 2 aromatic rings. The van der Waals surface area contributed by atoms with Crippen molar-refractivity contribution in [1.29, 1.82) is 0 Å². The summed E-state index contributed by atoms with van der Waals surface area (Å²) in [6.45, 7) is 11.0. The van der Waals surface area contributed by atoms with Crippen LogP contribution in [0.1, 0.15) is 77.7 Å². The second-order valence-electron chi connectivity index (χ2n) is 10.1. The van der Waals surface area contributed by atoms with Crippen LogP contribution in [-0.4, -0.2) is 42.0 Å². The van der Waals surface area contributed by atoms with Crippen molar-refractivity contribution in [1.82, 2.24) is 4.98 Å². The van der Waals surface area contributed by atoms with E-state index in [0.29, 0.717) is 22.2 Å². The Bertz CT molecular complexity index is 1170. The van der Waals surface area contributed by atoms with E-state index < -0.39 is 35.8 Å². The summed E-state index contributed by atoms with van der Waals surface area (Å²) in [6, 6.07) is 6.46. The maximum Gasteiger partial charge on any atom is 0.309 e. The molecule has 8 nitrogen and oxygen atoms in total. The molecule has 0 amide bonds. The summed E-state index contributed by atoms with van der Waals surface area (Å²) in [7, 11) is 1.40. The van der Waals surface area contributed by atoms with Crippen molar-refractivity contribution in [3.8, 4) is 17.2 Å². The fourth-order valence-corrected chi connectivity index (χ4v) is 5.03. The highest BCUT2D eigenvalue weighted by Gasteiger charge is 2.34. The molecule has 1 aromatic carbocycles. The average Bonchev–Trinajstić information content (AvgIpc) is 2.88. The number of rotatable bonds is 15. The van der Waals surface area contributed by atoms with Crippen LogP contribution in [0.3, 0.4) is 0 Å². The molecule has 0 spiro atoms. The zero-order valence-corrected chi connectivity index (χ0v) is 25.7. The third kappa shape index (κ3) is 9.37. The number of halogens is 2. The molecule has 220 valence electrons. The van der Waals surface area contributed by atoms with Gasteiger partial charge in [0.15, 0.2) is 17.2 Å². The summed E-state index contributed by atoms with van der Waals surface area (Å²) >= 11 is 12.4. The highest BCUT2D eigenvalue weighted by molar-refractivity contribution is 6.35. The van der Waals surface area contributed by atoms with Gasteiger partial charge in [0.1, 0.15) is 18.0 Å². The number of benzene rings is 1. The number of hydrogen-bond acceptors (Lipinski definition) is 8. The summed E-state index contributed by atoms with van der Waals surface area (Å²) in [4.78, 5) is 42.7. The van der Waals surface area contributed by atoms with E-state index in [1.165, 1.54) is 26.3 Å². The number of nitrogens with zero attached hydrogens (tertiary/aromatic N) is 1. The Morgan fingerprint density at radius 2 is 1.68 bits per heavy atom. The zero-order valence-electron chi connectivity index (χ0n) is 24.2. The second-order valence-corrected chi connectivity index (χ2v) is 11.0. The lowest BCUT2D eigenvalue weighted by Crippen LogP contribution is -2.41. The Balaban J connectivity index is 2.31. The standard InChI is InChI=1S/C30H39Cl2NO7/c1-8-20(9-2)28(40-25-11-10-22(31)16-23(25)32)18(5)38-30(36)21(14-17(3)4)15-24(35)27-29(39-19(6)34)26(37-7)12-13-33-27/h10-13,16-18,20-21,28H,8-9,14-15H2,1-7H3/t18-,21+,28+/m0/s1. The van der Waals surface area contributed by atoms with Crippen LogP contribution in [-0.2, 0) is 14.3 Å². The second kappa shape index (κ2) is 15.8. The minimum Gasteiger partial charge on any atom is -0.493 e. The first-order chi connectivity index (χ1) is 18.9. The quantitative estimate of drug-likeness (QED) is 0.155. The minimum atomic E-state index is -0.755. The van der Waals surface area contributed by atoms with Crippen molar-refractivity contribution in [2.75, 3.05) is 7.11 Å². The molecule has 2 rings (SSSR count). The van der Waals surface area contributed by atoms with Crippen LogP contribution in [0.5, 0.6) is 17.2 Å². The van der Waals surface area contributed by atoms with Gasteiger partial charge in [0.25, 0.3) is 0 Å². The molecule has 0 aliphatic heterocycles. The molecule has 0 unspecified atom stereocenters. The van der Waals surface area contributed by atoms with Gasteiger partial charge < -0.3 is 18.9 Å². The lowest BCUT2D eigenvalue weighted by Gasteiger charge is -2.32. The smallest absolute Gasteiger partial charge is 0.309 e. The topological polar surface area (TPSA) is 101 Å². The van der Waals surface area contributed by atoms with Crippen LogP contribution in [0.15, 0.2) is 30.5 Å². The van der Waals surface area contributed by atoms with Crippen LogP contribution >= 0.6 is 23.2 Å². The largest absolute Gasteiger partial charge is 0.493 e. The molecule has 0 fully saturated rings. The highest BCUT2D eigenvalue weighted by atomic mass is 35.5. The SMILES string of the molecule is CCC(CC)[C@H](Oc1ccc(Cl)cc1Cl)[C@H](C)OC(=O)[C@@H](CC(=O)c1nccc(OC)c1OC(C)=O)CC(C)C. The molecule has 0 saturated heterocycles. The van der Waals surface area contributed by atoms with Gasteiger partial charge in [0, 0.05) is 30.6 Å². The number of Topliss-reactive ketones (excluding diaryl/α,β-unsaturated/α-hetero) is 1. The molecule has 10 heteroatoms. The number of carbonyl (C=O) groups is 3. The van der Waals surface area contributed by atoms with E-state index in [-0.39, 0.29) is 35.4 Å². The molecule has 0 aliphatic rings. The average molecular weight is 597 g/mol. The highest BCUT2D eigenvalue weighted by Crippen LogP contribution is 2.34.